The monoisotopic (exact) mass is 510 g/mol. The zero-order valence-corrected chi connectivity index (χ0v) is 19.5. The van der Waals surface area contributed by atoms with Crippen molar-refractivity contribution >= 4 is 15.9 Å². The van der Waals surface area contributed by atoms with Crippen LogP contribution in [0.15, 0.2) is 24.3 Å². The summed E-state index contributed by atoms with van der Waals surface area (Å²) in [5, 5.41) is -2.11. The summed E-state index contributed by atoms with van der Waals surface area (Å²) in [5.74, 6) is -21.3. The van der Waals surface area contributed by atoms with Crippen LogP contribution in [0, 0.1) is 0 Å². The molecule has 0 aromatic heterocycles. The summed E-state index contributed by atoms with van der Waals surface area (Å²) in [6.07, 6.45) is -6.20. The first kappa shape index (κ1) is 31.2. The minimum Gasteiger partial charge on any atom is -0.747 e. The average molecular weight is 510 g/mol. The van der Waals surface area contributed by atoms with E-state index in [9.17, 15) is 57.3 Å². The van der Waals surface area contributed by atoms with Crippen molar-refractivity contribution in [3.63, 3.8) is 0 Å². The maximum Gasteiger partial charge on any atom is 1.00 e. The Morgan fingerprint density at radius 2 is 1.38 bits per heavy atom. The summed E-state index contributed by atoms with van der Waals surface area (Å²) < 4.78 is 151. The molecule has 0 bridgehead atoms. The smallest absolute Gasteiger partial charge is 0.747 e. The second kappa shape index (κ2) is 10.6. The predicted molar refractivity (Wildman–Crippen MR) is 88.2 cm³/mol. The molecule has 178 valence electrons. The predicted octanol–water partition coefficient (Wildman–Crippen LogP) is 2.29. The van der Waals surface area contributed by atoms with Gasteiger partial charge in [0.15, 0.2) is 5.78 Å². The van der Waals surface area contributed by atoms with Gasteiger partial charge in [0, 0.05) is 11.1 Å². The Hall–Kier alpha value is -0.830. The molecular formula is C17H16F9NaO4S. The molecule has 1 aromatic rings. The number of benzene rings is 1. The molecule has 0 spiro atoms. The number of carbonyl (C=O) groups is 1. The summed E-state index contributed by atoms with van der Waals surface area (Å²) in [6, 6.07) is 0.638. The van der Waals surface area contributed by atoms with Gasteiger partial charge in [-0.1, -0.05) is 50.5 Å². The molecule has 0 fully saturated rings. The number of alkyl halides is 9. The number of unbranched alkanes of at least 4 members (excludes halogenated alkanes) is 2. The molecule has 0 aliphatic carbocycles. The van der Waals surface area contributed by atoms with E-state index >= 15 is 0 Å². The third-order valence-electron chi connectivity index (χ3n) is 4.39. The van der Waals surface area contributed by atoms with Crippen molar-refractivity contribution in [3.8, 4) is 0 Å². The van der Waals surface area contributed by atoms with Crippen molar-refractivity contribution < 1.29 is 86.8 Å². The number of hydrogen-bond acceptors (Lipinski definition) is 4. The minimum absolute atomic E-state index is 0. The van der Waals surface area contributed by atoms with Crippen LogP contribution in [0.3, 0.4) is 0 Å². The Morgan fingerprint density at radius 3 is 1.75 bits per heavy atom. The van der Waals surface area contributed by atoms with E-state index in [1.165, 1.54) is 0 Å². The van der Waals surface area contributed by atoms with E-state index in [0.29, 0.717) is 25.0 Å². The molecule has 0 aliphatic heterocycles. The largest absolute Gasteiger partial charge is 1.00 e. The number of rotatable bonds is 10. The Balaban J connectivity index is 0.00000961. The fourth-order valence-electron chi connectivity index (χ4n) is 2.57. The molecule has 0 saturated heterocycles. The normalized spacial score (nSPS) is 14.6. The number of halogens is 9. The summed E-state index contributed by atoms with van der Waals surface area (Å²) in [5.41, 5.74) is -2.68. The molecule has 0 saturated carbocycles. The molecule has 0 aliphatic rings. The molecular weight excluding hydrogens is 494 g/mol. The van der Waals surface area contributed by atoms with Crippen LogP contribution >= 0.6 is 0 Å². The van der Waals surface area contributed by atoms with E-state index in [2.05, 4.69) is 0 Å². The van der Waals surface area contributed by atoms with Crippen LogP contribution in [0.2, 0.25) is 0 Å². The average Bonchev–Trinajstić information content (AvgIpc) is 2.62. The summed E-state index contributed by atoms with van der Waals surface area (Å²) in [4.78, 5) is 12.3. The third kappa shape index (κ3) is 6.19. The molecule has 0 heterocycles. The Kier molecular flexibility index (Phi) is 10.3. The fraction of sp³-hybridized carbons (Fsp3) is 0.588. The molecule has 1 unspecified atom stereocenters. The van der Waals surface area contributed by atoms with E-state index in [-0.39, 0.29) is 48.1 Å². The van der Waals surface area contributed by atoms with E-state index in [1.54, 1.807) is 6.92 Å². The number of hydrogen-bond donors (Lipinski definition) is 0. The maximum absolute atomic E-state index is 13.9. The van der Waals surface area contributed by atoms with Gasteiger partial charge in [0.05, 0.1) is 0 Å². The zero-order valence-electron chi connectivity index (χ0n) is 16.7. The van der Waals surface area contributed by atoms with Gasteiger partial charge in [-0.2, -0.15) is 39.5 Å². The van der Waals surface area contributed by atoms with E-state index in [1.807, 2.05) is 0 Å². The van der Waals surface area contributed by atoms with Crippen molar-refractivity contribution in [3.05, 3.63) is 35.4 Å². The molecule has 0 amide bonds. The van der Waals surface area contributed by atoms with E-state index < -0.39 is 62.6 Å². The Morgan fingerprint density at radius 1 is 0.906 bits per heavy atom. The standard InChI is InChI=1S/C17H17F9O4S.Na/c1-2-3-4-5-12(31(28,29)30)13(27)10-6-8-11(9-7-10)14(18,19)15(20,21)16(22,23)17(24,25)26;/h6-9,12H,2-5H2,1H3,(H,28,29,30);/q;+1/p-1. The molecule has 1 rings (SSSR count). The molecule has 0 N–H and O–H groups in total. The van der Waals surface area contributed by atoms with Crippen molar-refractivity contribution in [1.82, 2.24) is 0 Å². The van der Waals surface area contributed by atoms with E-state index in [0.717, 1.165) is 0 Å². The Bertz CT molecular complexity index is 884. The quantitative estimate of drug-likeness (QED) is 0.159. The minimum atomic E-state index is -7.08. The van der Waals surface area contributed by atoms with Gasteiger partial charge in [-0.05, 0) is 6.42 Å². The molecule has 4 nitrogen and oxygen atoms in total. The number of carbonyl (C=O) groups excluding carboxylic acids is 1. The van der Waals surface area contributed by atoms with Crippen molar-refractivity contribution in [2.45, 2.75) is 61.8 Å². The van der Waals surface area contributed by atoms with Crippen molar-refractivity contribution in [1.29, 1.82) is 0 Å². The summed E-state index contributed by atoms with van der Waals surface area (Å²) in [6.45, 7) is 1.74. The first-order valence-electron chi connectivity index (χ1n) is 8.62. The van der Waals surface area contributed by atoms with Gasteiger partial charge in [0.2, 0.25) is 0 Å². The Labute approximate surface area is 199 Å². The van der Waals surface area contributed by atoms with Crippen LogP contribution in [0.25, 0.3) is 0 Å². The van der Waals surface area contributed by atoms with Gasteiger partial charge in [-0.15, -0.1) is 0 Å². The van der Waals surface area contributed by atoms with Crippen LogP contribution in [0.5, 0.6) is 0 Å². The second-order valence-electron chi connectivity index (χ2n) is 6.64. The molecule has 15 heteroatoms. The van der Waals surface area contributed by atoms with Crippen LogP contribution < -0.4 is 29.6 Å². The van der Waals surface area contributed by atoms with Crippen molar-refractivity contribution in [2.24, 2.45) is 0 Å². The van der Waals surface area contributed by atoms with Crippen LogP contribution in [-0.2, 0) is 16.0 Å². The maximum atomic E-state index is 13.9. The van der Waals surface area contributed by atoms with Gasteiger partial charge in [-0.25, -0.2) is 8.42 Å². The third-order valence-corrected chi connectivity index (χ3v) is 5.53. The molecule has 1 atom stereocenters. The first-order chi connectivity index (χ1) is 13.8. The van der Waals surface area contributed by atoms with Crippen LogP contribution in [-0.4, -0.2) is 42.0 Å². The fourth-order valence-corrected chi connectivity index (χ4v) is 3.43. The van der Waals surface area contributed by atoms with Gasteiger partial charge in [0.1, 0.15) is 15.4 Å². The summed E-state index contributed by atoms with van der Waals surface area (Å²) in [7, 11) is -5.18. The van der Waals surface area contributed by atoms with Crippen LogP contribution in [0.4, 0.5) is 39.5 Å². The molecule has 32 heavy (non-hydrogen) atoms. The van der Waals surface area contributed by atoms with Crippen molar-refractivity contribution in [2.75, 3.05) is 0 Å². The molecule has 1 aromatic carbocycles. The number of ketones is 1. The van der Waals surface area contributed by atoms with Gasteiger partial charge >= 0.3 is 53.5 Å². The van der Waals surface area contributed by atoms with Gasteiger partial charge < -0.3 is 4.55 Å². The summed E-state index contributed by atoms with van der Waals surface area (Å²) >= 11 is 0. The SMILES string of the molecule is CCCCCC(C(=O)c1ccc(C(F)(F)C(F)(F)C(F)(F)C(F)(F)F)cc1)S(=O)(=O)[O-].[Na+]. The topological polar surface area (TPSA) is 74.3 Å². The first-order valence-corrected chi connectivity index (χ1v) is 10.1. The van der Waals surface area contributed by atoms with Gasteiger partial charge in [0.25, 0.3) is 0 Å². The second-order valence-corrected chi connectivity index (χ2v) is 8.19. The number of Topliss-reactive ketones (excluding diaryl/α,β-unsaturated/α-hetero) is 1. The molecule has 0 radical (unpaired) electrons. The van der Waals surface area contributed by atoms with Gasteiger partial charge in [-0.3, -0.25) is 4.79 Å². The van der Waals surface area contributed by atoms with Crippen LogP contribution in [0.1, 0.15) is 48.5 Å². The van der Waals surface area contributed by atoms with E-state index in [4.69, 9.17) is 0 Å². The zero-order chi connectivity index (χ0) is 24.5.